The summed E-state index contributed by atoms with van der Waals surface area (Å²) in [5.41, 5.74) is -0.0690. The predicted molar refractivity (Wildman–Crippen MR) is 105 cm³/mol. The lowest BCUT2D eigenvalue weighted by molar-refractivity contribution is 0.0870. The highest BCUT2D eigenvalue weighted by atomic mass is 35.5. The summed E-state index contributed by atoms with van der Waals surface area (Å²) in [6.07, 6.45) is 3.67. The number of halogens is 1. The Labute approximate surface area is 169 Å². The molecular weight excluding hydrogens is 386 g/mol. The lowest BCUT2D eigenvalue weighted by Crippen LogP contribution is -2.36. The number of aliphatic hydroxyl groups is 1. The van der Waals surface area contributed by atoms with Gasteiger partial charge in [-0.05, 0) is 33.3 Å². The van der Waals surface area contributed by atoms with E-state index in [1.165, 1.54) is 10.9 Å². The molecule has 0 atom stereocenters. The maximum Gasteiger partial charge on any atom is 0.289 e. The van der Waals surface area contributed by atoms with E-state index in [-0.39, 0.29) is 24.0 Å². The third-order valence-electron chi connectivity index (χ3n) is 3.64. The van der Waals surface area contributed by atoms with Gasteiger partial charge in [-0.1, -0.05) is 11.6 Å². The van der Waals surface area contributed by atoms with E-state index < -0.39 is 11.1 Å². The molecule has 2 rings (SSSR count). The molecule has 2 aromatic rings. The van der Waals surface area contributed by atoms with E-state index in [9.17, 15) is 4.79 Å². The highest BCUT2D eigenvalue weighted by Gasteiger charge is 2.20. The molecule has 0 unspecified atom stereocenters. The van der Waals surface area contributed by atoms with Crippen LogP contribution in [0.1, 0.15) is 32.8 Å². The molecule has 2 heterocycles. The topological polar surface area (TPSA) is 95.7 Å². The lowest BCUT2D eigenvalue weighted by atomic mass is 10.1. The Morgan fingerprint density at radius 3 is 2.57 bits per heavy atom. The van der Waals surface area contributed by atoms with Crippen molar-refractivity contribution in [2.45, 2.75) is 39.3 Å². The third-order valence-corrected chi connectivity index (χ3v) is 3.99. The van der Waals surface area contributed by atoms with Gasteiger partial charge in [0.25, 0.3) is 5.56 Å². The van der Waals surface area contributed by atoms with Gasteiger partial charge in [-0.25, -0.2) is 9.67 Å². The van der Waals surface area contributed by atoms with Crippen molar-refractivity contribution in [3.05, 3.63) is 45.5 Å². The zero-order chi connectivity index (χ0) is 20.6. The first kappa shape index (κ1) is 22.1. The molecule has 0 aromatic carbocycles. The molecule has 2 aromatic heterocycles. The Bertz CT molecular complexity index is 803. The van der Waals surface area contributed by atoms with E-state index in [2.05, 4.69) is 10.1 Å². The molecule has 0 saturated carbocycles. The fraction of sp³-hybridized carbons (Fsp3) is 0.526. The Kier molecular flexibility index (Phi) is 8.22. The zero-order valence-electron chi connectivity index (χ0n) is 16.4. The van der Waals surface area contributed by atoms with Crippen LogP contribution in [0.5, 0.6) is 11.6 Å². The summed E-state index contributed by atoms with van der Waals surface area (Å²) in [5, 5.41) is 12.8. The van der Waals surface area contributed by atoms with Crippen LogP contribution in [0.3, 0.4) is 0 Å². The van der Waals surface area contributed by atoms with E-state index in [1.807, 2.05) is 26.8 Å². The van der Waals surface area contributed by atoms with Crippen molar-refractivity contribution in [2.75, 3.05) is 26.4 Å². The number of ether oxygens (including phenoxy) is 3. The first-order valence-corrected chi connectivity index (χ1v) is 9.38. The summed E-state index contributed by atoms with van der Waals surface area (Å²) >= 11 is 6.14. The summed E-state index contributed by atoms with van der Waals surface area (Å²) in [6.45, 7) is 7.22. The second-order valence-electron chi connectivity index (χ2n) is 7.04. The van der Waals surface area contributed by atoms with Crippen LogP contribution >= 0.6 is 11.6 Å². The third kappa shape index (κ3) is 6.47. The second-order valence-corrected chi connectivity index (χ2v) is 7.42. The maximum atomic E-state index is 12.3. The van der Waals surface area contributed by atoms with Gasteiger partial charge >= 0.3 is 0 Å². The molecule has 1 N–H and O–H groups in total. The van der Waals surface area contributed by atoms with Crippen LogP contribution in [0.25, 0.3) is 0 Å². The molecule has 0 saturated heterocycles. The Morgan fingerprint density at radius 1 is 1.14 bits per heavy atom. The van der Waals surface area contributed by atoms with E-state index in [0.29, 0.717) is 32.1 Å². The molecule has 28 heavy (non-hydrogen) atoms. The zero-order valence-corrected chi connectivity index (χ0v) is 17.1. The summed E-state index contributed by atoms with van der Waals surface area (Å²) in [6, 6.07) is 3.54. The summed E-state index contributed by atoms with van der Waals surface area (Å²) in [4.78, 5) is 16.5. The van der Waals surface area contributed by atoms with Gasteiger partial charge in [-0.3, -0.25) is 4.79 Å². The summed E-state index contributed by atoms with van der Waals surface area (Å²) in [5.74, 6) is 0.703. The van der Waals surface area contributed by atoms with Crippen LogP contribution in [0.15, 0.2) is 29.3 Å². The van der Waals surface area contributed by atoms with Crippen LogP contribution in [0.4, 0.5) is 0 Å². The Balaban J connectivity index is 1.86. The van der Waals surface area contributed by atoms with Gasteiger partial charge in [0.15, 0.2) is 10.8 Å². The van der Waals surface area contributed by atoms with Crippen molar-refractivity contribution in [3.8, 4) is 11.6 Å². The molecule has 9 heteroatoms. The number of hydrogen-bond acceptors (Lipinski definition) is 7. The minimum absolute atomic E-state index is 0.000893. The van der Waals surface area contributed by atoms with Gasteiger partial charge in [0, 0.05) is 31.0 Å². The highest BCUT2D eigenvalue weighted by Crippen LogP contribution is 2.22. The monoisotopic (exact) mass is 411 g/mol. The average molecular weight is 412 g/mol. The molecule has 0 radical (unpaired) electrons. The van der Waals surface area contributed by atoms with Crippen molar-refractivity contribution < 1.29 is 19.3 Å². The Hall–Kier alpha value is -2.16. The molecule has 0 aliphatic carbocycles. The molecule has 0 spiro atoms. The first-order valence-electron chi connectivity index (χ1n) is 9.00. The van der Waals surface area contributed by atoms with Crippen molar-refractivity contribution >= 4 is 11.6 Å². The number of pyridine rings is 1. The molecule has 0 amide bonds. The number of hydrogen-bond donors (Lipinski definition) is 1. The van der Waals surface area contributed by atoms with Gasteiger partial charge < -0.3 is 19.3 Å². The molecule has 0 fully saturated rings. The van der Waals surface area contributed by atoms with Gasteiger partial charge in [0.1, 0.15) is 13.2 Å². The van der Waals surface area contributed by atoms with Gasteiger partial charge in [0.2, 0.25) is 5.88 Å². The van der Waals surface area contributed by atoms with Crippen LogP contribution in [0, 0.1) is 0 Å². The van der Waals surface area contributed by atoms with Crippen LogP contribution < -0.4 is 15.0 Å². The van der Waals surface area contributed by atoms with E-state index in [4.69, 9.17) is 30.9 Å². The predicted octanol–water partition coefficient (Wildman–Crippen LogP) is 2.40. The first-order chi connectivity index (χ1) is 13.3. The van der Waals surface area contributed by atoms with E-state index >= 15 is 0 Å². The molecule has 154 valence electrons. The lowest BCUT2D eigenvalue weighted by Gasteiger charge is -2.21. The Morgan fingerprint density at radius 2 is 1.93 bits per heavy atom. The fourth-order valence-corrected chi connectivity index (χ4v) is 2.40. The number of aromatic nitrogens is 3. The van der Waals surface area contributed by atoms with Crippen molar-refractivity contribution in [3.63, 3.8) is 0 Å². The summed E-state index contributed by atoms with van der Waals surface area (Å²) in [7, 11) is 0. The molecule has 0 aliphatic heterocycles. The highest BCUT2D eigenvalue weighted by molar-refractivity contribution is 6.31. The van der Waals surface area contributed by atoms with Crippen LogP contribution in [-0.4, -0.2) is 46.3 Å². The van der Waals surface area contributed by atoms with Crippen LogP contribution in [0.2, 0.25) is 5.02 Å². The quantitative estimate of drug-likeness (QED) is 0.599. The van der Waals surface area contributed by atoms with E-state index in [0.717, 1.165) is 5.56 Å². The van der Waals surface area contributed by atoms with Gasteiger partial charge in [-0.15, -0.1) is 0 Å². The smallest absolute Gasteiger partial charge is 0.289 e. The largest absolute Gasteiger partial charge is 0.485 e. The van der Waals surface area contributed by atoms with Crippen molar-refractivity contribution in [1.29, 1.82) is 0 Å². The average Bonchev–Trinajstić information content (AvgIpc) is 2.65. The maximum absolute atomic E-state index is 12.3. The standard InChI is InChI=1S/C19H26ClN3O5/c1-19(2,3)23-18(25)17(20)15(12-22-23)28-13-14-5-6-16(21-11-14)27-10-9-26-8-4-7-24/h5-6,11-12,24H,4,7-10,13H2,1-3H3. The number of nitrogens with zero attached hydrogens (tertiary/aromatic N) is 3. The SMILES string of the molecule is CC(C)(C)n1ncc(OCc2ccc(OCCOCCCO)nc2)c(Cl)c1=O. The molecule has 8 nitrogen and oxygen atoms in total. The summed E-state index contributed by atoms with van der Waals surface area (Å²) < 4.78 is 17.7. The number of aliphatic hydroxyl groups excluding tert-OH is 1. The van der Waals surface area contributed by atoms with Gasteiger partial charge in [-0.2, -0.15) is 5.10 Å². The van der Waals surface area contributed by atoms with Gasteiger partial charge in [0.05, 0.1) is 18.3 Å². The molecular formula is C19H26ClN3O5. The van der Waals surface area contributed by atoms with Crippen LogP contribution in [-0.2, 0) is 16.9 Å². The second kappa shape index (κ2) is 10.4. The van der Waals surface area contributed by atoms with Crippen molar-refractivity contribution in [2.24, 2.45) is 0 Å². The number of rotatable bonds is 10. The van der Waals surface area contributed by atoms with E-state index in [1.54, 1.807) is 12.3 Å². The van der Waals surface area contributed by atoms with Crippen molar-refractivity contribution in [1.82, 2.24) is 14.8 Å². The minimum Gasteiger partial charge on any atom is -0.485 e. The fourth-order valence-electron chi connectivity index (χ4n) is 2.21. The minimum atomic E-state index is -0.469. The normalized spacial score (nSPS) is 11.5. The molecule has 0 aliphatic rings. The molecule has 0 bridgehead atoms.